The molecule has 1 unspecified atom stereocenters. The fourth-order valence-corrected chi connectivity index (χ4v) is 2.48. The highest BCUT2D eigenvalue weighted by atomic mass is 32.1. The number of rotatable bonds is 5. The van der Waals surface area contributed by atoms with E-state index < -0.39 is 0 Å². The van der Waals surface area contributed by atoms with Crippen LogP contribution in [0, 0.1) is 6.92 Å². The molecule has 5 heteroatoms. The summed E-state index contributed by atoms with van der Waals surface area (Å²) in [6.07, 6.45) is 2.76. The van der Waals surface area contributed by atoms with E-state index in [1.807, 2.05) is 23.3 Å². The number of nitrogens with zero attached hydrogens (tertiary/aromatic N) is 3. The van der Waals surface area contributed by atoms with Crippen LogP contribution in [0.25, 0.3) is 0 Å². The standard InChI is InChI=1S/C12H18N4S/c1-4-13-10(8-12-14-5-6-17-12)11-7-9(2)16(3)15-11/h5-7,10,13H,4,8H2,1-3H3. The Labute approximate surface area is 106 Å². The first-order valence-corrected chi connectivity index (χ1v) is 6.71. The van der Waals surface area contributed by atoms with Crippen LogP contribution in [0.15, 0.2) is 17.6 Å². The van der Waals surface area contributed by atoms with E-state index in [0.29, 0.717) is 0 Å². The van der Waals surface area contributed by atoms with Gasteiger partial charge in [-0.15, -0.1) is 11.3 Å². The van der Waals surface area contributed by atoms with Crippen molar-refractivity contribution in [2.24, 2.45) is 7.05 Å². The minimum absolute atomic E-state index is 0.256. The molecule has 0 amide bonds. The lowest BCUT2D eigenvalue weighted by Gasteiger charge is -2.13. The average molecular weight is 250 g/mol. The fraction of sp³-hybridized carbons (Fsp3) is 0.500. The zero-order valence-corrected chi connectivity index (χ0v) is 11.3. The van der Waals surface area contributed by atoms with E-state index in [2.05, 4.69) is 35.3 Å². The Hall–Kier alpha value is -1.20. The molecule has 2 aromatic heterocycles. The third kappa shape index (κ3) is 2.92. The van der Waals surface area contributed by atoms with E-state index in [0.717, 1.165) is 23.7 Å². The first-order valence-electron chi connectivity index (χ1n) is 5.83. The highest BCUT2D eigenvalue weighted by molar-refractivity contribution is 7.09. The van der Waals surface area contributed by atoms with E-state index in [-0.39, 0.29) is 6.04 Å². The topological polar surface area (TPSA) is 42.7 Å². The Morgan fingerprint density at radius 3 is 2.88 bits per heavy atom. The number of nitrogens with one attached hydrogen (secondary N) is 1. The van der Waals surface area contributed by atoms with Gasteiger partial charge in [0.15, 0.2) is 0 Å². The van der Waals surface area contributed by atoms with Gasteiger partial charge in [0.05, 0.1) is 16.7 Å². The Morgan fingerprint density at radius 2 is 2.35 bits per heavy atom. The van der Waals surface area contributed by atoms with Crippen LogP contribution in [-0.4, -0.2) is 21.3 Å². The molecular formula is C12H18N4S. The molecule has 0 aliphatic carbocycles. The van der Waals surface area contributed by atoms with E-state index in [9.17, 15) is 0 Å². The van der Waals surface area contributed by atoms with Gasteiger partial charge < -0.3 is 5.32 Å². The van der Waals surface area contributed by atoms with Gasteiger partial charge in [-0.3, -0.25) is 4.68 Å². The molecule has 0 saturated carbocycles. The number of likely N-dealkylation sites (N-methyl/N-ethyl adjacent to an activating group) is 1. The van der Waals surface area contributed by atoms with E-state index in [1.165, 1.54) is 5.69 Å². The van der Waals surface area contributed by atoms with Crippen LogP contribution in [0.5, 0.6) is 0 Å². The van der Waals surface area contributed by atoms with Crippen molar-refractivity contribution in [3.05, 3.63) is 34.0 Å². The number of thiazole rings is 1. The number of aromatic nitrogens is 3. The summed E-state index contributed by atoms with van der Waals surface area (Å²) in [5, 5.41) is 11.2. The Bertz CT molecular complexity index is 441. The number of hydrogen-bond donors (Lipinski definition) is 1. The third-order valence-corrected chi connectivity index (χ3v) is 3.60. The Morgan fingerprint density at radius 1 is 1.53 bits per heavy atom. The lowest BCUT2D eigenvalue weighted by atomic mass is 10.1. The lowest BCUT2D eigenvalue weighted by Crippen LogP contribution is -2.23. The molecule has 0 aromatic carbocycles. The van der Waals surface area contributed by atoms with Crippen LogP contribution in [0.3, 0.4) is 0 Å². The quantitative estimate of drug-likeness (QED) is 0.883. The summed E-state index contributed by atoms with van der Waals surface area (Å²) in [7, 11) is 1.98. The van der Waals surface area contributed by atoms with Gasteiger partial charge in [0, 0.05) is 30.7 Å². The van der Waals surface area contributed by atoms with Crippen LogP contribution < -0.4 is 5.32 Å². The summed E-state index contributed by atoms with van der Waals surface area (Å²) in [4.78, 5) is 4.34. The average Bonchev–Trinajstić information content (AvgIpc) is 2.90. The second kappa shape index (κ2) is 5.42. The Balaban J connectivity index is 2.16. The van der Waals surface area contributed by atoms with Gasteiger partial charge in [0.1, 0.15) is 0 Å². The minimum atomic E-state index is 0.256. The molecule has 4 nitrogen and oxygen atoms in total. The normalized spacial score (nSPS) is 12.9. The van der Waals surface area contributed by atoms with E-state index in [4.69, 9.17) is 0 Å². The van der Waals surface area contributed by atoms with Crippen LogP contribution in [0.2, 0.25) is 0 Å². The Kier molecular flexibility index (Phi) is 3.91. The molecule has 0 aliphatic rings. The molecule has 2 heterocycles. The number of hydrogen-bond acceptors (Lipinski definition) is 4. The van der Waals surface area contributed by atoms with E-state index in [1.54, 1.807) is 11.3 Å². The van der Waals surface area contributed by atoms with Crippen LogP contribution in [0.4, 0.5) is 0 Å². The molecule has 1 N–H and O–H groups in total. The van der Waals surface area contributed by atoms with Crippen molar-refractivity contribution in [1.82, 2.24) is 20.1 Å². The maximum absolute atomic E-state index is 4.54. The van der Waals surface area contributed by atoms with Crippen molar-refractivity contribution in [2.45, 2.75) is 26.3 Å². The van der Waals surface area contributed by atoms with Gasteiger partial charge >= 0.3 is 0 Å². The monoisotopic (exact) mass is 250 g/mol. The van der Waals surface area contributed by atoms with Crippen molar-refractivity contribution < 1.29 is 0 Å². The van der Waals surface area contributed by atoms with Gasteiger partial charge in [-0.2, -0.15) is 5.10 Å². The molecule has 17 heavy (non-hydrogen) atoms. The highest BCUT2D eigenvalue weighted by Gasteiger charge is 2.16. The smallest absolute Gasteiger partial charge is 0.0944 e. The predicted octanol–water partition coefficient (Wildman–Crippen LogP) is 2.08. The van der Waals surface area contributed by atoms with Crippen molar-refractivity contribution in [1.29, 1.82) is 0 Å². The molecule has 0 bridgehead atoms. The van der Waals surface area contributed by atoms with Crippen molar-refractivity contribution in [3.63, 3.8) is 0 Å². The molecule has 0 saturated heterocycles. The molecule has 0 radical (unpaired) electrons. The minimum Gasteiger partial charge on any atom is -0.309 e. The van der Waals surface area contributed by atoms with Gasteiger partial charge in [-0.05, 0) is 19.5 Å². The summed E-state index contributed by atoms with van der Waals surface area (Å²) < 4.78 is 1.92. The maximum Gasteiger partial charge on any atom is 0.0944 e. The third-order valence-electron chi connectivity index (χ3n) is 2.80. The zero-order chi connectivity index (χ0) is 12.3. The molecule has 0 spiro atoms. The molecule has 1 atom stereocenters. The summed E-state index contributed by atoms with van der Waals surface area (Å²) in [5.41, 5.74) is 2.28. The predicted molar refractivity (Wildman–Crippen MR) is 70.2 cm³/mol. The molecule has 2 rings (SSSR count). The largest absolute Gasteiger partial charge is 0.309 e. The fourth-order valence-electron chi connectivity index (χ4n) is 1.81. The van der Waals surface area contributed by atoms with Gasteiger partial charge in [-0.1, -0.05) is 6.92 Å². The molecule has 92 valence electrons. The summed E-state index contributed by atoms with van der Waals surface area (Å²) in [6.45, 7) is 5.12. The summed E-state index contributed by atoms with van der Waals surface area (Å²) >= 11 is 1.70. The lowest BCUT2D eigenvalue weighted by molar-refractivity contribution is 0.526. The van der Waals surface area contributed by atoms with E-state index >= 15 is 0 Å². The van der Waals surface area contributed by atoms with Gasteiger partial charge in [0.25, 0.3) is 0 Å². The van der Waals surface area contributed by atoms with Crippen LogP contribution >= 0.6 is 11.3 Å². The molecule has 0 fully saturated rings. The zero-order valence-electron chi connectivity index (χ0n) is 10.5. The summed E-state index contributed by atoms with van der Waals surface area (Å²) in [6, 6.07) is 2.40. The van der Waals surface area contributed by atoms with Gasteiger partial charge in [-0.25, -0.2) is 4.98 Å². The second-order valence-electron chi connectivity index (χ2n) is 4.07. The second-order valence-corrected chi connectivity index (χ2v) is 5.05. The highest BCUT2D eigenvalue weighted by Crippen LogP contribution is 2.19. The summed E-state index contributed by atoms with van der Waals surface area (Å²) in [5.74, 6) is 0. The van der Waals surface area contributed by atoms with Crippen molar-refractivity contribution in [2.75, 3.05) is 6.54 Å². The SMILES string of the molecule is CCNC(Cc1nccs1)c1cc(C)n(C)n1. The first kappa shape index (κ1) is 12.3. The number of aryl methyl sites for hydroxylation is 2. The van der Waals surface area contributed by atoms with Crippen molar-refractivity contribution in [3.8, 4) is 0 Å². The van der Waals surface area contributed by atoms with Crippen molar-refractivity contribution >= 4 is 11.3 Å². The van der Waals surface area contributed by atoms with Crippen LogP contribution in [-0.2, 0) is 13.5 Å². The first-order chi connectivity index (χ1) is 8.20. The molecule has 0 aliphatic heterocycles. The van der Waals surface area contributed by atoms with Gasteiger partial charge in [0.2, 0.25) is 0 Å². The maximum atomic E-state index is 4.54. The molecular weight excluding hydrogens is 232 g/mol. The molecule has 2 aromatic rings. The van der Waals surface area contributed by atoms with Crippen LogP contribution in [0.1, 0.15) is 29.4 Å².